The molecule has 1 aliphatic heterocycles. The van der Waals surface area contributed by atoms with Gasteiger partial charge in [0.25, 0.3) is 0 Å². The Balaban J connectivity index is 1.65. The molecule has 0 amide bonds. The molecule has 0 unspecified atom stereocenters. The van der Waals surface area contributed by atoms with Crippen molar-refractivity contribution in [2.45, 2.75) is 70.9 Å². The van der Waals surface area contributed by atoms with Crippen molar-refractivity contribution in [1.82, 2.24) is 10.3 Å². The molecule has 1 saturated carbocycles. The second-order valence-corrected chi connectivity index (χ2v) is 8.08. The molecule has 0 atom stereocenters. The Hall–Kier alpha value is -2.01. The fraction of sp³-hybridized carbons (Fsp3) is 0.591. The number of nitrogens with zero attached hydrogens (tertiary/aromatic N) is 2. The van der Waals surface area contributed by atoms with E-state index in [1.807, 2.05) is 19.2 Å². The third kappa shape index (κ3) is 5.48. The molecule has 2 heterocycles. The number of hydrogen-bond donors (Lipinski definition) is 3. The van der Waals surface area contributed by atoms with Crippen molar-refractivity contribution in [2.24, 2.45) is 0 Å². The molecule has 1 aliphatic carbocycles. The number of piperidine rings is 1. The molecule has 0 bridgehead atoms. The molecule has 1 aromatic heterocycles. The molecule has 2 fully saturated rings. The van der Waals surface area contributed by atoms with Crippen LogP contribution in [0.15, 0.2) is 24.4 Å². The van der Waals surface area contributed by atoms with Gasteiger partial charge in [-0.15, -0.1) is 0 Å². The van der Waals surface area contributed by atoms with Gasteiger partial charge in [0, 0.05) is 42.6 Å². The summed E-state index contributed by atoms with van der Waals surface area (Å²) in [5.41, 5.74) is 2.81. The predicted molar refractivity (Wildman–Crippen MR) is 114 cm³/mol. The molecular weight excluding hydrogens is 334 g/mol. The van der Waals surface area contributed by atoms with Crippen LogP contribution >= 0.6 is 0 Å². The molecule has 5 heteroatoms. The normalized spacial score (nSPS) is 19.6. The van der Waals surface area contributed by atoms with Crippen molar-refractivity contribution in [3.8, 4) is 0 Å². The predicted octanol–water partition coefficient (Wildman–Crippen LogP) is 4.24. The molecule has 0 aromatic carbocycles. The number of pyridine rings is 1. The van der Waals surface area contributed by atoms with Gasteiger partial charge in [-0.1, -0.05) is 19.3 Å². The van der Waals surface area contributed by atoms with E-state index < -0.39 is 0 Å². The largest absolute Gasteiger partial charge is 0.356 e. The first-order valence-electron chi connectivity index (χ1n) is 10.3. The van der Waals surface area contributed by atoms with Crippen molar-refractivity contribution in [3.63, 3.8) is 0 Å². The molecule has 1 saturated heterocycles. The fourth-order valence-electron chi connectivity index (χ4n) is 4.17. The van der Waals surface area contributed by atoms with E-state index >= 15 is 0 Å². The standard InChI is InChI=1S/C22H33N5/c1-16-14-20(21(24)9-8-17(2)23)22(25-15-16)27-12-10-19(11-13-27)26-18-6-4-3-5-7-18/h8-9,14-15,18-19,23-24,26H,3-7,10-13H2,1-2H3/b9-8-,23-17?,24-21?. The quantitative estimate of drug-likeness (QED) is 0.658. The van der Waals surface area contributed by atoms with Crippen molar-refractivity contribution >= 4 is 17.2 Å². The number of rotatable bonds is 6. The lowest BCUT2D eigenvalue weighted by Crippen LogP contribution is -2.47. The summed E-state index contributed by atoms with van der Waals surface area (Å²) in [5, 5.41) is 19.9. The number of allylic oxidation sites excluding steroid dienone is 2. The van der Waals surface area contributed by atoms with E-state index in [1.54, 1.807) is 19.1 Å². The zero-order chi connectivity index (χ0) is 19.2. The summed E-state index contributed by atoms with van der Waals surface area (Å²) in [4.78, 5) is 6.99. The SMILES string of the molecule is CC(=N)/C=C\C(=N)c1cc(C)cnc1N1CCC(NC2CCCCC2)CC1. The number of aromatic nitrogens is 1. The summed E-state index contributed by atoms with van der Waals surface area (Å²) < 4.78 is 0. The van der Waals surface area contributed by atoms with E-state index in [-0.39, 0.29) is 0 Å². The van der Waals surface area contributed by atoms with E-state index in [0.717, 1.165) is 42.9 Å². The summed E-state index contributed by atoms with van der Waals surface area (Å²) in [6.45, 7) is 5.70. The van der Waals surface area contributed by atoms with Crippen molar-refractivity contribution in [3.05, 3.63) is 35.5 Å². The van der Waals surface area contributed by atoms with Crippen molar-refractivity contribution < 1.29 is 0 Å². The van der Waals surface area contributed by atoms with Gasteiger partial charge in [-0.2, -0.15) is 0 Å². The van der Waals surface area contributed by atoms with Crippen LogP contribution in [0.25, 0.3) is 0 Å². The van der Waals surface area contributed by atoms with Crippen molar-refractivity contribution in [2.75, 3.05) is 18.0 Å². The zero-order valence-corrected chi connectivity index (χ0v) is 16.7. The van der Waals surface area contributed by atoms with Gasteiger partial charge >= 0.3 is 0 Å². The first-order chi connectivity index (χ1) is 13.0. The van der Waals surface area contributed by atoms with Crippen molar-refractivity contribution in [1.29, 1.82) is 10.8 Å². The van der Waals surface area contributed by atoms with E-state index in [0.29, 0.717) is 23.5 Å². The van der Waals surface area contributed by atoms with Gasteiger partial charge in [0.2, 0.25) is 0 Å². The molecular formula is C22H33N5. The van der Waals surface area contributed by atoms with Gasteiger partial charge in [0.05, 0.1) is 5.71 Å². The van der Waals surface area contributed by atoms with Crippen LogP contribution in [0.4, 0.5) is 5.82 Å². The average Bonchev–Trinajstić information content (AvgIpc) is 2.67. The lowest BCUT2D eigenvalue weighted by atomic mass is 9.93. The van der Waals surface area contributed by atoms with Gasteiger partial charge in [0.1, 0.15) is 5.82 Å². The number of nitrogens with one attached hydrogen (secondary N) is 3. The zero-order valence-electron chi connectivity index (χ0n) is 16.7. The molecule has 146 valence electrons. The minimum absolute atomic E-state index is 0.426. The number of anilines is 1. The Labute approximate surface area is 163 Å². The number of aryl methyl sites for hydroxylation is 1. The van der Waals surface area contributed by atoms with Crippen LogP contribution in [-0.4, -0.2) is 41.6 Å². The summed E-state index contributed by atoms with van der Waals surface area (Å²) >= 11 is 0. The summed E-state index contributed by atoms with van der Waals surface area (Å²) in [6, 6.07) is 3.37. The summed E-state index contributed by atoms with van der Waals surface area (Å²) in [7, 11) is 0. The van der Waals surface area contributed by atoms with Gasteiger partial charge in [-0.05, 0) is 63.3 Å². The molecule has 3 N–H and O–H groups in total. The van der Waals surface area contributed by atoms with Crippen LogP contribution in [0.5, 0.6) is 0 Å². The van der Waals surface area contributed by atoms with Crippen LogP contribution in [0.3, 0.4) is 0 Å². The highest BCUT2D eigenvalue weighted by Crippen LogP contribution is 2.25. The second kappa shape index (κ2) is 9.27. The first kappa shape index (κ1) is 19.7. The van der Waals surface area contributed by atoms with Gasteiger partial charge < -0.3 is 21.0 Å². The first-order valence-corrected chi connectivity index (χ1v) is 10.3. The van der Waals surface area contributed by atoms with Crippen LogP contribution in [0.1, 0.15) is 63.0 Å². The third-order valence-electron chi connectivity index (χ3n) is 5.66. The maximum absolute atomic E-state index is 8.43. The molecule has 5 nitrogen and oxygen atoms in total. The highest BCUT2D eigenvalue weighted by molar-refractivity contribution is 6.12. The summed E-state index contributed by atoms with van der Waals surface area (Å²) in [5.74, 6) is 0.911. The smallest absolute Gasteiger partial charge is 0.137 e. The second-order valence-electron chi connectivity index (χ2n) is 8.08. The van der Waals surface area contributed by atoms with E-state index in [9.17, 15) is 0 Å². The minimum Gasteiger partial charge on any atom is -0.356 e. The lowest BCUT2D eigenvalue weighted by molar-refractivity contribution is 0.307. The van der Waals surface area contributed by atoms with Crippen LogP contribution in [0, 0.1) is 17.7 Å². The monoisotopic (exact) mass is 367 g/mol. The molecule has 0 radical (unpaired) electrons. The summed E-state index contributed by atoms with van der Waals surface area (Å²) in [6.07, 6.45) is 14.4. The van der Waals surface area contributed by atoms with Gasteiger partial charge in [-0.25, -0.2) is 4.98 Å². The van der Waals surface area contributed by atoms with Crippen LogP contribution < -0.4 is 10.2 Å². The molecule has 1 aromatic rings. The molecule has 27 heavy (non-hydrogen) atoms. The Morgan fingerprint density at radius 2 is 1.74 bits per heavy atom. The minimum atomic E-state index is 0.426. The van der Waals surface area contributed by atoms with Crippen LogP contribution in [-0.2, 0) is 0 Å². The van der Waals surface area contributed by atoms with Gasteiger partial charge in [-0.3, -0.25) is 0 Å². The van der Waals surface area contributed by atoms with E-state index in [2.05, 4.69) is 15.2 Å². The molecule has 3 rings (SSSR count). The molecule has 0 spiro atoms. The maximum Gasteiger partial charge on any atom is 0.137 e. The van der Waals surface area contributed by atoms with E-state index in [4.69, 9.17) is 10.8 Å². The average molecular weight is 368 g/mol. The Bertz CT molecular complexity index is 695. The topological polar surface area (TPSA) is 75.9 Å². The lowest BCUT2D eigenvalue weighted by Gasteiger charge is -2.36. The number of hydrogen-bond acceptors (Lipinski definition) is 5. The highest BCUT2D eigenvalue weighted by atomic mass is 15.2. The van der Waals surface area contributed by atoms with Gasteiger partial charge in [0.15, 0.2) is 0 Å². The fourth-order valence-corrected chi connectivity index (χ4v) is 4.17. The molecule has 2 aliphatic rings. The third-order valence-corrected chi connectivity index (χ3v) is 5.66. The Morgan fingerprint density at radius 1 is 1.07 bits per heavy atom. The van der Waals surface area contributed by atoms with Crippen LogP contribution in [0.2, 0.25) is 0 Å². The Morgan fingerprint density at radius 3 is 2.41 bits per heavy atom. The maximum atomic E-state index is 8.43. The van der Waals surface area contributed by atoms with E-state index in [1.165, 1.54) is 32.1 Å². The highest BCUT2D eigenvalue weighted by Gasteiger charge is 2.25. The Kier molecular flexibility index (Phi) is 6.78.